The van der Waals surface area contributed by atoms with Gasteiger partial charge in [-0.15, -0.1) is 12.4 Å². The molecule has 1 N–H and O–H groups in total. The molecule has 1 aromatic carbocycles. The summed E-state index contributed by atoms with van der Waals surface area (Å²) in [5.74, 6) is 0.482. The fourth-order valence-corrected chi connectivity index (χ4v) is 3.52. The van der Waals surface area contributed by atoms with Crippen LogP contribution in [0.15, 0.2) is 28.9 Å². The molecule has 3 rings (SSSR count). The number of anilines is 1. The van der Waals surface area contributed by atoms with Gasteiger partial charge in [-0.2, -0.15) is 0 Å². The van der Waals surface area contributed by atoms with Crippen LogP contribution in [0.5, 0.6) is 0 Å². The molecule has 0 amide bonds. The predicted octanol–water partition coefficient (Wildman–Crippen LogP) is 3.04. The highest BCUT2D eigenvalue weighted by atomic mass is 35.5. The number of benzene rings is 1. The van der Waals surface area contributed by atoms with E-state index in [4.69, 9.17) is 4.42 Å². The smallest absolute Gasteiger partial charge is 0.229 e. The highest BCUT2D eigenvalue weighted by Crippen LogP contribution is 2.35. The standard InChI is InChI=1S/C15H20N2O3S.ClH/c1-17-7-5-11(6-8-17)14-10-20-15-4-3-12(9-13(14)15)16-21(2,18)19;/h3-4,9-11,16H,5-8H2,1-2H3;1H. The van der Waals surface area contributed by atoms with Crippen molar-refractivity contribution in [2.75, 3.05) is 31.1 Å². The van der Waals surface area contributed by atoms with E-state index in [0.29, 0.717) is 11.6 Å². The van der Waals surface area contributed by atoms with Crippen LogP contribution < -0.4 is 4.72 Å². The summed E-state index contributed by atoms with van der Waals surface area (Å²) in [4.78, 5) is 2.33. The average Bonchev–Trinajstić information content (AvgIpc) is 2.81. The molecule has 2 heterocycles. The third-order valence-electron chi connectivity index (χ3n) is 4.07. The first kappa shape index (κ1) is 17.1. The van der Waals surface area contributed by atoms with E-state index in [2.05, 4.69) is 16.7 Å². The molecular formula is C15H21ClN2O3S. The molecule has 0 bridgehead atoms. The van der Waals surface area contributed by atoms with Crippen LogP contribution in [-0.2, 0) is 10.0 Å². The summed E-state index contributed by atoms with van der Waals surface area (Å²) in [5.41, 5.74) is 2.58. The SMILES string of the molecule is CN1CCC(c2coc3ccc(NS(C)(=O)=O)cc23)CC1.Cl. The van der Waals surface area contributed by atoms with Crippen molar-refractivity contribution in [3.63, 3.8) is 0 Å². The van der Waals surface area contributed by atoms with Crippen molar-refractivity contribution in [2.24, 2.45) is 0 Å². The van der Waals surface area contributed by atoms with Crippen molar-refractivity contribution in [2.45, 2.75) is 18.8 Å². The molecule has 1 aliphatic heterocycles. The van der Waals surface area contributed by atoms with E-state index >= 15 is 0 Å². The Morgan fingerprint density at radius 3 is 2.59 bits per heavy atom. The maximum absolute atomic E-state index is 11.4. The van der Waals surface area contributed by atoms with E-state index in [0.717, 1.165) is 43.2 Å². The summed E-state index contributed by atoms with van der Waals surface area (Å²) < 4.78 is 30.9. The molecule has 1 aromatic heterocycles. The molecule has 1 fully saturated rings. The van der Waals surface area contributed by atoms with Crippen LogP contribution in [0.3, 0.4) is 0 Å². The minimum atomic E-state index is -3.26. The maximum atomic E-state index is 11.4. The van der Waals surface area contributed by atoms with E-state index in [1.54, 1.807) is 6.07 Å². The molecule has 122 valence electrons. The number of likely N-dealkylation sites (tertiary alicyclic amines) is 1. The van der Waals surface area contributed by atoms with Crippen LogP contribution >= 0.6 is 12.4 Å². The molecule has 22 heavy (non-hydrogen) atoms. The van der Waals surface area contributed by atoms with Crippen LogP contribution in [0.25, 0.3) is 11.0 Å². The lowest BCUT2D eigenvalue weighted by Gasteiger charge is -2.28. The Hall–Kier alpha value is -1.24. The zero-order valence-electron chi connectivity index (χ0n) is 12.7. The van der Waals surface area contributed by atoms with E-state index in [-0.39, 0.29) is 12.4 Å². The first-order chi connectivity index (χ1) is 9.92. The number of nitrogens with zero attached hydrogens (tertiary/aromatic N) is 1. The molecular weight excluding hydrogens is 324 g/mol. The van der Waals surface area contributed by atoms with Crippen molar-refractivity contribution in [1.82, 2.24) is 4.90 Å². The van der Waals surface area contributed by atoms with Crippen LogP contribution in [-0.4, -0.2) is 39.7 Å². The monoisotopic (exact) mass is 344 g/mol. The largest absolute Gasteiger partial charge is 0.464 e. The second-order valence-corrected chi connectivity index (χ2v) is 7.60. The van der Waals surface area contributed by atoms with E-state index in [9.17, 15) is 8.42 Å². The molecule has 1 saturated heterocycles. The Bertz CT molecular complexity index is 749. The van der Waals surface area contributed by atoms with Gasteiger partial charge in [-0.05, 0) is 57.1 Å². The fraction of sp³-hybridized carbons (Fsp3) is 0.467. The molecule has 7 heteroatoms. The number of hydrogen-bond donors (Lipinski definition) is 1. The van der Waals surface area contributed by atoms with Gasteiger partial charge >= 0.3 is 0 Å². The predicted molar refractivity (Wildman–Crippen MR) is 91.4 cm³/mol. The van der Waals surface area contributed by atoms with Crippen LogP contribution in [0, 0.1) is 0 Å². The Balaban J connectivity index is 0.00000176. The van der Waals surface area contributed by atoms with Crippen molar-refractivity contribution < 1.29 is 12.8 Å². The van der Waals surface area contributed by atoms with Gasteiger partial charge in [0, 0.05) is 16.6 Å². The average molecular weight is 345 g/mol. The molecule has 5 nitrogen and oxygen atoms in total. The summed E-state index contributed by atoms with van der Waals surface area (Å²) in [6, 6.07) is 5.42. The second kappa shape index (κ2) is 6.48. The second-order valence-electron chi connectivity index (χ2n) is 5.85. The molecule has 0 unspecified atom stereocenters. The number of rotatable bonds is 3. The number of sulfonamides is 1. The van der Waals surface area contributed by atoms with Crippen molar-refractivity contribution in [3.05, 3.63) is 30.0 Å². The molecule has 1 aliphatic rings. The number of hydrogen-bond acceptors (Lipinski definition) is 4. The van der Waals surface area contributed by atoms with Crippen LogP contribution in [0.1, 0.15) is 24.3 Å². The van der Waals surface area contributed by atoms with Crippen molar-refractivity contribution >= 4 is 39.1 Å². The van der Waals surface area contributed by atoms with Crippen molar-refractivity contribution in [1.29, 1.82) is 0 Å². The Kier molecular flexibility index (Phi) is 5.04. The number of halogens is 1. The Labute approximate surface area is 137 Å². The van der Waals surface area contributed by atoms with Gasteiger partial charge in [0.25, 0.3) is 0 Å². The third-order valence-corrected chi connectivity index (χ3v) is 4.67. The number of fused-ring (bicyclic) bond motifs is 1. The van der Waals surface area contributed by atoms with Gasteiger partial charge in [-0.3, -0.25) is 4.72 Å². The number of piperidine rings is 1. The highest BCUT2D eigenvalue weighted by Gasteiger charge is 2.22. The van der Waals surface area contributed by atoms with Gasteiger partial charge in [-0.1, -0.05) is 0 Å². The van der Waals surface area contributed by atoms with E-state index in [1.807, 2.05) is 18.4 Å². The number of furan rings is 1. The highest BCUT2D eigenvalue weighted by molar-refractivity contribution is 7.92. The van der Waals surface area contributed by atoms with Gasteiger partial charge in [-0.25, -0.2) is 8.42 Å². The summed E-state index contributed by atoms with van der Waals surface area (Å²) in [7, 11) is -1.12. The fourth-order valence-electron chi connectivity index (χ4n) is 2.96. The molecule has 0 aliphatic carbocycles. The van der Waals surface area contributed by atoms with Gasteiger partial charge < -0.3 is 9.32 Å². The lowest BCUT2D eigenvalue weighted by molar-refractivity contribution is 0.255. The summed E-state index contributed by atoms with van der Waals surface area (Å²) in [6.07, 6.45) is 5.19. The normalized spacial score (nSPS) is 17.4. The van der Waals surface area contributed by atoms with Gasteiger partial charge in [0.15, 0.2) is 0 Å². The number of nitrogens with one attached hydrogen (secondary N) is 1. The van der Waals surface area contributed by atoms with Gasteiger partial charge in [0.05, 0.1) is 12.5 Å². The summed E-state index contributed by atoms with van der Waals surface area (Å²) in [5, 5.41) is 1.01. The third kappa shape index (κ3) is 3.74. The Morgan fingerprint density at radius 2 is 1.95 bits per heavy atom. The first-order valence-electron chi connectivity index (χ1n) is 7.10. The first-order valence-corrected chi connectivity index (χ1v) is 8.99. The lowest BCUT2D eigenvalue weighted by Crippen LogP contribution is -2.29. The van der Waals surface area contributed by atoms with Gasteiger partial charge in [0.2, 0.25) is 10.0 Å². The summed E-state index contributed by atoms with van der Waals surface area (Å²) >= 11 is 0. The molecule has 0 radical (unpaired) electrons. The molecule has 0 saturated carbocycles. The Morgan fingerprint density at radius 1 is 1.27 bits per heavy atom. The molecule has 0 atom stereocenters. The van der Waals surface area contributed by atoms with Crippen molar-refractivity contribution in [3.8, 4) is 0 Å². The van der Waals surface area contributed by atoms with E-state index in [1.165, 1.54) is 5.56 Å². The van der Waals surface area contributed by atoms with Crippen LogP contribution in [0.2, 0.25) is 0 Å². The van der Waals surface area contributed by atoms with E-state index < -0.39 is 10.0 Å². The van der Waals surface area contributed by atoms with Gasteiger partial charge in [0.1, 0.15) is 5.58 Å². The summed E-state index contributed by atoms with van der Waals surface area (Å²) in [6.45, 7) is 2.16. The maximum Gasteiger partial charge on any atom is 0.229 e. The topological polar surface area (TPSA) is 62.6 Å². The molecule has 2 aromatic rings. The zero-order chi connectivity index (χ0) is 15.0. The quantitative estimate of drug-likeness (QED) is 0.929. The molecule has 0 spiro atoms. The zero-order valence-corrected chi connectivity index (χ0v) is 14.3. The lowest BCUT2D eigenvalue weighted by atomic mass is 9.89. The van der Waals surface area contributed by atoms with Crippen LogP contribution in [0.4, 0.5) is 5.69 Å². The minimum Gasteiger partial charge on any atom is -0.464 e. The minimum absolute atomic E-state index is 0.